The Kier molecular flexibility index (Phi) is 10.6. The van der Waals surface area contributed by atoms with Crippen molar-refractivity contribution in [1.82, 2.24) is 10.2 Å². The van der Waals surface area contributed by atoms with E-state index < -0.39 is 11.9 Å². The van der Waals surface area contributed by atoms with E-state index in [0.29, 0.717) is 13.2 Å². The van der Waals surface area contributed by atoms with Crippen molar-refractivity contribution in [1.29, 1.82) is 0 Å². The SMILES string of the molecule is CC.COCCNC(C=O)CN1CC=C(C(N)=O)C=CC1=O.[HH].[HH]. The second-order valence-corrected chi connectivity index (χ2v) is 4.29. The van der Waals surface area contributed by atoms with Gasteiger partial charge in [-0.25, -0.2) is 0 Å². The van der Waals surface area contributed by atoms with Gasteiger partial charge in [0.25, 0.3) is 0 Å². The highest BCUT2D eigenvalue weighted by Crippen LogP contribution is 2.05. The number of ether oxygens (including phenoxy) is 1. The molecular weight excluding hydrogens is 286 g/mol. The molecule has 0 saturated carbocycles. The van der Waals surface area contributed by atoms with Gasteiger partial charge in [-0.1, -0.05) is 19.9 Å². The predicted molar refractivity (Wildman–Crippen MR) is 88.3 cm³/mol. The fourth-order valence-electron chi connectivity index (χ4n) is 1.72. The van der Waals surface area contributed by atoms with Gasteiger partial charge >= 0.3 is 0 Å². The van der Waals surface area contributed by atoms with Crippen LogP contribution >= 0.6 is 0 Å². The number of rotatable bonds is 8. The first-order valence-corrected chi connectivity index (χ1v) is 7.23. The molecule has 128 valence electrons. The molecule has 1 aliphatic heterocycles. The van der Waals surface area contributed by atoms with Gasteiger partial charge in [0.15, 0.2) is 0 Å². The molecule has 1 atom stereocenters. The van der Waals surface area contributed by atoms with E-state index in [1.54, 1.807) is 13.2 Å². The van der Waals surface area contributed by atoms with Gasteiger partial charge in [-0.2, -0.15) is 0 Å². The van der Waals surface area contributed by atoms with Crippen molar-refractivity contribution < 1.29 is 22.0 Å². The van der Waals surface area contributed by atoms with Crippen LogP contribution in [0.5, 0.6) is 0 Å². The number of nitrogens with one attached hydrogen (secondary N) is 1. The topological polar surface area (TPSA) is 102 Å². The lowest BCUT2D eigenvalue weighted by atomic mass is 10.2. The molecule has 1 aliphatic rings. The quantitative estimate of drug-likeness (QED) is 0.489. The molecule has 2 amide bonds. The van der Waals surface area contributed by atoms with Gasteiger partial charge in [-0.15, -0.1) is 0 Å². The number of carbonyl (C=O) groups excluding carboxylic acids is 3. The number of primary amides is 1. The Balaban J connectivity index is -0.00000106. The highest BCUT2D eigenvalue weighted by atomic mass is 16.5. The Bertz CT molecular complexity index is 442. The maximum absolute atomic E-state index is 11.8. The van der Waals surface area contributed by atoms with Crippen molar-refractivity contribution in [2.45, 2.75) is 19.9 Å². The first-order chi connectivity index (χ1) is 10.6. The molecule has 0 radical (unpaired) electrons. The van der Waals surface area contributed by atoms with Gasteiger partial charge < -0.3 is 25.5 Å². The van der Waals surface area contributed by atoms with E-state index >= 15 is 0 Å². The molecule has 0 aromatic rings. The third-order valence-electron chi connectivity index (χ3n) is 2.83. The van der Waals surface area contributed by atoms with Crippen molar-refractivity contribution in [2.24, 2.45) is 5.73 Å². The maximum atomic E-state index is 11.8. The molecule has 0 bridgehead atoms. The highest BCUT2D eigenvalue weighted by Gasteiger charge is 2.18. The fourth-order valence-corrected chi connectivity index (χ4v) is 1.72. The largest absolute Gasteiger partial charge is 0.383 e. The second-order valence-electron chi connectivity index (χ2n) is 4.29. The first-order valence-electron chi connectivity index (χ1n) is 7.23. The van der Waals surface area contributed by atoms with E-state index in [4.69, 9.17) is 10.5 Å². The molecule has 3 N–H and O–H groups in total. The van der Waals surface area contributed by atoms with E-state index in [2.05, 4.69) is 5.32 Å². The van der Waals surface area contributed by atoms with Crippen molar-refractivity contribution in [3.05, 3.63) is 23.8 Å². The highest BCUT2D eigenvalue weighted by molar-refractivity contribution is 5.98. The molecule has 1 rings (SSSR count). The summed E-state index contributed by atoms with van der Waals surface area (Å²) in [5.74, 6) is -0.848. The summed E-state index contributed by atoms with van der Waals surface area (Å²) in [5, 5.41) is 2.97. The number of aldehydes is 1. The van der Waals surface area contributed by atoms with Crippen molar-refractivity contribution >= 4 is 18.1 Å². The maximum Gasteiger partial charge on any atom is 0.248 e. The van der Waals surface area contributed by atoms with Crippen molar-refractivity contribution in [3.63, 3.8) is 0 Å². The van der Waals surface area contributed by atoms with Crippen LogP contribution in [0, 0.1) is 0 Å². The summed E-state index contributed by atoms with van der Waals surface area (Å²) in [5.41, 5.74) is 5.45. The average molecular weight is 315 g/mol. The Morgan fingerprint density at radius 1 is 1.55 bits per heavy atom. The normalized spacial score (nSPS) is 15.3. The molecule has 0 aromatic carbocycles. The van der Waals surface area contributed by atoms with E-state index in [1.165, 1.54) is 17.1 Å². The Morgan fingerprint density at radius 3 is 2.77 bits per heavy atom. The summed E-state index contributed by atoms with van der Waals surface area (Å²) in [6, 6.07) is -0.481. The number of carbonyl (C=O) groups is 3. The lowest BCUT2D eigenvalue weighted by Crippen LogP contribution is -2.45. The van der Waals surface area contributed by atoms with Crippen LogP contribution in [0.1, 0.15) is 16.7 Å². The third-order valence-corrected chi connectivity index (χ3v) is 2.83. The van der Waals surface area contributed by atoms with E-state index in [-0.39, 0.29) is 27.4 Å². The predicted octanol–water partition coefficient (Wildman–Crippen LogP) is 0.118. The summed E-state index contributed by atoms with van der Waals surface area (Å²) >= 11 is 0. The average Bonchev–Trinajstić information content (AvgIpc) is 2.71. The Labute approximate surface area is 134 Å². The van der Waals surface area contributed by atoms with Crippen LogP contribution in [0.15, 0.2) is 23.8 Å². The molecule has 0 aromatic heterocycles. The van der Waals surface area contributed by atoms with Crippen LogP contribution in [0.2, 0.25) is 0 Å². The Hall–Kier alpha value is -1.99. The molecule has 7 nitrogen and oxygen atoms in total. The van der Waals surface area contributed by atoms with Crippen molar-refractivity contribution in [2.75, 3.05) is 33.4 Å². The van der Waals surface area contributed by atoms with Crippen LogP contribution < -0.4 is 11.1 Å². The third kappa shape index (κ3) is 7.14. The first kappa shape index (κ1) is 20.0. The number of methoxy groups -OCH3 is 1. The van der Waals surface area contributed by atoms with Gasteiger partial charge in [0.2, 0.25) is 11.8 Å². The van der Waals surface area contributed by atoms with Gasteiger partial charge in [-0.3, -0.25) is 9.59 Å². The van der Waals surface area contributed by atoms with Crippen LogP contribution in [0.3, 0.4) is 0 Å². The number of amides is 2. The summed E-state index contributed by atoms with van der Waals surface area (Å²) in [4.78, 5) is 35.4. The van der Waals surface area contributed by atoms with Crippen molar-refractivity contribution in [3.8, 4) is 0 Å². The smallest absolute Gasteiger partial charge is 0.248 e. The molecular formula is C15H29N3O4. The molecule has 0 fully saturated rings. The minimum atomic E-state index is -0.582. The summed E-state index contributed by atoms with van der Waals surface area (Å²) < 4.78 is 4.88. The lowest BCUT2D eigenvalue weighted by Gasteiger charge is -2.23. The summed E-state index contributed by atoms with van der Waals surface area (Å²) in [7, 11) is 1.57. The van der Waals surface area contributed by atoms with Crippen LogP contribution in [0.4, 0.5) is 0 Å². The standard InChI is InChI=1S/C13H19N3O4.C2H6.2H2/c1-20-7-5-15-11(9-17)8-16-6-4-10(13(14)19)2-3-12(16)18;1-2;;/h2-4,9,11,15H,5-8H2,1H3,(H2,14,19);1-2H3;2*1H. The molecule has 7 heteroatoms. The van der Waals surface area contributed by atoms with E-state index in [0.717, 1.165) is 6.29 Å². The summed E-state index contributed by atoms with van der Waals surface area (Å²) in [6.45, 7) is 5.45. The molecule has 0 saturated heterocycles. The van der Waals surface area contributed by atoms with Crippen LogP contribution in [-0.2, 0) is 19.1 Å². The molecule has 0 aliphatic carbocycles. The zero-order valence-electron chi connectivity index (χ0n) is 13.4. The van der Waals surface area contributed by atoms with Gasteiger partial charge in [-0.05, 0) is 6.08 Å². The van der Waals surface area contributed by atoms with Gasteiger partial charge in [0, 0.05) is 41.2 Å². The van der Waals surface area contributed by atoms with Gasteiger partial charge in [0.05, 0.1) is 12.6 Å². The minimum absolute atomic E-state index is 0. The second kappa shape index (κ2) is 11.6. The van der Waals surface area contributed by atoms with E-state index in [1.807, 2.05) is 13.8 Å². The Morgan fingerprint density at radius 2 is 2.23 bits per heavy atom. The number of nitrogens with zero attached hydrogens (tertiary/aromatic N) is 1. The molecule has 22 heavy (non-hydrogen) atoms. The van der Waals surface area contributed by atoms with Crippen LogP contribution in [-0.4, -0.2) is 62.4 Å². The number of nitrogens with two attached hydrogens (primary N) is 1. The monoisotopic (exact) mass is 315 g/mol. The number of hydrogen-bond acceptors (Lipinski definition) is 5. The van der Waals surface area contributed by atoms with Crippen LogP contribution in [0.25, 0.3) is 0 Å². The molecule has 1 unspecified atom stereocenters. The van der Waals surface area contributed by atoms with E-state index in [9.17, 15) is 14.4 Å². The lowest BCUT2D eigenvalue weighted by molar-refractivity contribution is -0.126. The summed E-state index contributed by atoms with van der Waals surface area (Å²) in [6.07, 6.45) is 4.98. The van der Waals surface area contributed by atoms with Gasteiger partial charge in [0.1, 0.15) is 6.29 Å². The zero-order chi connectivity index (χ0) is 17.0. The number of hydrogen-bond donors (Lipinski definition) is 2. The minimum Gasteiger partial charge on any atom is -0.383 e. The fraction of sp³-hybridized carbons (Fsp3) is 0.533. The zero-order valence-corrected chi connectivity index (χ0v) is 13.4. The molecule has 1 heterocycles. The molecule has 0 spiro atoms.